The van der Waals surface area contributed by atoms with Crippen LogP contribution >= 0.6 is 11.3 Å². The molecule has 0 saturated heterocycles. The molecule has 1 saturated carbocycles. The van der Waals surface area contributed by atoms with Gasteiger partial charge in [-0.15, -0.1) is 11.3 Å². The summed E-state index contributed by atoms with van der Waals surface area (Å²) >= 11 is 1.14. The average Bonchev–Trinajstić information content (AvgIpc) is 3.52. The van der Waals surface area contributed by atoms with Crippen molar-refractivity contribution in [3.63, 3.8) is 0 Å². The number of aryl methyl sites for hydroxylation is 2. The number of hydrogen-bond donors (Lipinski definition) is 1. The predicted molar refractivity (Wildman–Crippen MR) is 119 cm³/mol. The number of esters is 1. The maximum Gasteiger partial charge on any atom is 0.348 e. The Morgan fingerprint density at radius 3 is 2.61 bits per heavy atom. The van der Waals surface area contributed by atoms with Gasteiger partial charge in [0, 0.05) is 0 Å². The lowest BCUT2D eigenvalue weighted by molar-refractivity contribution is -0.122. The number of ether oxygens (including phenoxy) is 1. The minimum absolute atomic E-state index is 0.0567. The highest BCUT2D eigenvalue weighted by molar-refractivity contribution is 7.20. The van der Waals surface area contributed by atoms with Crippen LogP contribution in [-0.2, 0) is 16.1 Å². The molecule has 1 aliphatic carbocycles. The van der Waals surface area contributed by atoms with Gasteiger partial charge in [-0.25, -0.2) is 9.78 Å². The fourth-order valence-electron chi connectivity index (χ4n) is 3.71. The summed E-state index contributed by atoms with van der Waals surface area (Å²) in [5.41, 5.74) is 2.46. The van der Waals surface area contributed by atoms with Crippen molar-refractivity contribution < 1.29 is 14.3 Å². The molecule has 1 fully saturated rings. The van der Waals surface area contributed by atoms with Crippen molar-refractivity contribution in [3.05, 3.63) is 62.5 Å². The van der Waals surface area contributed by atoms with Gasteiger partial charge in [0.05, 0.1) is 24.4 Å². The van der Waals surface area contributed by atoms with E-state index in [1.807, 2.05) is 31.2 Å². The van der Waals surface area contributed by atoms with Gasteiger partial charge in [-0.3, -0.25) is 14.2 Å². The summed E-state index contributed by atoms with van der Waals surface area (Å²) in [5, 5.41) is 3.46. The summed E-state index contributed by atoms with van der Waals surface area (Å²) in [6, 6.07) is 8.12. The Morgan fingerprint density at radius 1 is 1.26 bits per heavy atom. The summed E-state index contributed by atoms with van der Waals surface area (Å²) in [6.45, 7) is 5.60. The van der Waals surface area contributed by atoms with E-state index in [-0.39, 0.29) is 30.7 Å². The first kappa shape index (κ1) is 21.2. The van der Waals surface area contributed by atoms with E-state index in [2.05, 4.69) is 10.3 Å². The standard InChI is InChI=1S/C23H25N3O4S/c1-4-30-23(29)20-14(3)18-21(31-20)24-12-26(22(18)28)11-17(27)25-19(16-9-10-16)15-7-5-13(2)6-8-15/h5-8,12,16,19H,4,9-11H2,1-3H3,(H,25,27). The molecular formula is C23H25N3O4S. The zero-order valence-electron chi connectivity index (χ0n) is 17.8. The molecular weight excluding hydrogens is 414 g/mol. The molecule has 1 unspecified atom stereocenters. The fourth-order valence-corrected chi connectivity index (χ4v) is 4.75. The molecule has 8 heteroatoms. The smallest absolute Gasteiger partial charge is 0.348 e. The predicted octanol–water partition coefficient (Wildman–Crippen LogP) is 3.52. The van der Waals surface area contributed by atoms with E-state index in [9.17, 15) is 14.4 Å². The number of carbonyl (C=O) groups excluding carboxylic acids is 2. The third-order valence-corrected chi connectivity index (χ3v) is 6.72. The molecule has 2 aromatic heterocycles. The molecule has 4 rings (SSSR count). The van der Waals surface area contributed by atoms with E-state index < -0.39 is 5.97 Å². The molecule has 0 radical (unpaired) electrons. The Bertz CT molecular complexity index is 1190. The molecule has 1 amide bonds. The number of fused-ring (bicyclic) bond motifs is 1. The molecule has 1 aromatic carbocycles. The normalized spacial score (nSPS) is 14.4. The molecule has 1 aliphatic rings. The molecule has 2 heterocycles. The number of amides is 1. The van der Waals surface area contributed by atoms with Crippen molar-refractivity contribution in [2.75, 3.05) is 6.61 Å². The molecule has 3 aromatic rings. The average molecular weight is 440 g/mol. The maximum atomic E-state index is 13.0. The lowest BCUT2D eigenvalue weighted by Gasteiger charge is -2.19. The van der Waals surface area contributed by atoms with Crippen LogP contribution < -0.4 is 10.9 Å². The van der Waals surface area contributed by atoms with Crippen molar-refractivity contribution >= 4 is 33.4 Å². The number of thiophene rings is 1. The van der Waals surface area contributed by atoms with Crippen molar-refractivity contribution in [1.82, 2.24) is 14.9 Å². The second-order valence-corrected chi connectivity index (χ2v) is 8.93. The summed E-state index contributed by atoms with van der Waals surface area (Å²) in [7, 11) is 0. The number of hydrogen-bond acceptors (Lipinski definition) is 6. The van der Waals surface area contributed by atoms with Gasteiger partial charge in [0.1, 0.15) is 16.3 Å². The Labute approximate surface area is 184 Å². The SMILES string of the molecule is CCOC(=O)c1sc2ncn(CC(=O)NC(c3ccc(C)cc3)C3CC3)c(=O)c2c1C. The lowest BCUT2D eigenvalue weighted by Crippen LogP contribution is -2.35. The van der Waals surface area contributed by atoms with E-state index in [1.165, 1.54) is 16.5 Å². The first-order chi connectivity index (χ1) is 14.9. The van der Waals surface area contributed by atoms with Gasteiger partial charge in [0.2, 0.25) is 5.91 Å². The maximum absolute atomic E-state index is 13.0. The van der Waals surface area contributed by atoms with Crippen LogP contribution in [-0.4, -0.2) is 28.0 Å². The first-order valence-corrected chi connectivity index (χ1v) is 11.2. The van der Waals surface area contributed by atoms with Gasteiger partial charge in [0.15, 0.2) is 0 Å². The topological polar surface area (TPSA) is 90.3 Å². The van der Waals surface area contributed by atoms with Crippen LogP contribution in [0.3, 0.4) is 0 Å². The van der Waals surface area contributed by atoms with Crippen molar-refractivity contribution in [2.45, 2.75) is 46.2 Å². The lowest BCUT2D eigenvalue weighted by atomic mass is 10.0. The number of nitrogens with zero attached hydrogens (tertiary/aromatic N) is 2. The second-order valence-electron chi connectivity index (χ2n) is 7.93. The molecule has 1 atom stereocenters. The van der Waals surface area contributed by atoms with Gasteiger partial charge >= 0.3 is 5.97 Å². The molecule has 0 bridgehead atoms. The zero-order valence-corrected chi connectivity index (χ0v) is 18.6. The monoisotopic (exact) mass is 439 g/mol. The number of carbonyl (C=O) groups is 2. The first-order valence-electron chi connectivity index (χ1n) is 10.4. The van der Waals surface area contributed by atoms with E-state index in [4.69, 9.17) is 4.74 Å². The Hall–Kier alpha value is -3.00. The highest BCUT2D eigenvalue weighted by Crippen LogP contribution is 2.41. The van der Waals surface area contributed by atoms with Crippen LogP contribution in [0.15, 0.2) is 35.4 Å². The van der Waals surface area contributed by atoms with Crippen LogP contribution in [0.25, 0.3) is 10.2 Å². The highest BCUT2D eigenvalue weighted by atomic mass is 32.1. The van der Waals surface area contributed by atoms with E-state index in [0.29, 0.717) is 26.6 Å². The quantitative estimate of drug-likeness (QED) is 0.569. The van der Waals surface area contributed by atoms with Crippen molar-refractivity contribution in [1.29, 1.82) is 0 Å². The van der Waals surface area contributed by atoms with Gasteiger partial charge in [-0.2, -0.15) is 0 Å². The van der Waals surface area contributed by atoms with Gasteiger partial charge in [0.25, 0.3) is 5.56 Å². The van der Waals surface area contributed by atoms with E-state index in [0.717, 1.165) is 29.7 Å². The van der Waals surface area contributed by atoms with Crippen LogP contribution in [0, 0.1) is 19.8 Å². The summed E-state index contributed by atoms with van der Waals surface area (Å²) in [4.78, 5) is 43.1. The zero-order chi connectivity index (χ0) is 22.1. The molecule has 31 heavy (non-hydrogen) atoms. The third kappa shape index (κ3) is 4.39. The van der Waals surface area contributed by atoms with E-state index in [1.54, 1.807) is 13.8 Å². The molecule has 1 N–H and O–H groups in total. The molecule has 162 valence electrons. The number of nitrogens with one attached hydrogen (secondary N) is 1. The van der Waals surface area contributed by atoms with Crippen LogP contribution in [0.2, 0.25) is 0 Å². The van der Waals surface area contributed by atoms with Gasteiger partial charge < -0.3 is 10.1 Å². The summed E-state index contributed by atoms with van der Waals surface area (Å²) in [5.74, 6) is -0.272. The van der Waals surface area contributed by atoms with Crippen LogP contribution in [0.1, 0.15) is 52.2 Å². The molecule has 7 nitrogen and oxygen atoms in total. The second kappa shape index (κ2) is 8.63. The Balaban J connectivity index is 1.56. The molecule has 0 aliphatic heterocycles. The van der Waals surface area contributed by atoms with Gasteiger partial charge in [-0.1, -0.05) is 29.8 Å². The minimum atomic E-state index is -0.461. The number of rotatable bonds is 7. The van der Waals surface area contributed by atoms with Crippen LogP contribution in [0.5, 0.6) is 0 Å². The Kier molecular flexibility index (Phi) is 5.91. The van der Waals surface area contributed by atoms with E-state index >= 15 is 0 Å². The number of benzene rings is 1. The van der Waals surface area contributed by atoms with Crippen molar-refractivity contribution in [3.8, 4) is 0 Å². The summed E-state index contributed by atoms with van der Waals surface area (Å²) in [6.07, 6.45) is 3.53. The fraction of sp³-hybridized carbons (Fsp3) is 0.391. The largest absolute Gasteiger partial charge is 0.462 e. The summed E-state index contributed by atoms with van der Waals surface area (Å²) < 4.78 is 6.36. The third-order valence-electron chi connectivity index (χ3n) is 5.54. The minimum Gasteiger partial charge on any atom is -0.462 e. The Morgan fingerprint density at radius 2 is 1.97 bits per heavy atom. The van der Waals surface area contributed by atoms with Crippen LogP contribution in [0.4, 0.5) is 0 Å². The van der Waals surface area contributed by atoms with Gasteiger partial charge in [-0.05, 0) is 50.7 Å². The molecule has 0 spiro atoms. The number of aromatic nitrogens is 2. The van der Waals surface area contributed by atoms with Crippen molar-refractivity contribution in [2.24, 2.45) is 5.92 Å². The highest BCUT2D eigenvalue weighted by Gasteiger charge is 2.33.